The second-order valence-electron chi connectivity index (χ2n) is 4.23. The number of carbonyl (C=O) groups excluding carboxylic acids is 1. The number of benzene rings is 1. The number of rotatable bonds is 3. The Morgan fingerprint density at radius 3 is 2.53 bits per heavy atom. The first-order valence-electron chi connectivity index (χ1n) is 5.79. The van der Waals surface area contributed by atoms with Crippen LogP contribution in [0.4, 0.5) is 0 Å². The van der Waals surface area contributed by atoms with Crippen LogP contribution >= 0.6 is 0 Å². The van der Waals surface area contributed by atoms with E-state index in [0.717, 1.165) is 6.08 Å². The van der Waals surface area contributed by atoms with E-state index in [1.807, 2.05) is 18.2 Å². The van der Waals surface area contributed by atoms with Gasteiger partial charge in [0.05, 0.1) is 5.69 Å². The Bertz CT molecular complexity index is 693. The molecule has 0 fully saturated rings. The predicted octanol–water partition coefficient (Wildman–Crippen LogP) is 1.96. The van der Waals surface area contributed by atoms with Crippen LogP contribution in [0.15, 0.2) is 41.2 Å². The molecule has 0 aliphatic rings. The minimum atomic E-state index is -0.390. The quantitative estimate of drug-likeness (QED) is 0.652. The molecule has 0 bridgehead atoms. The van der Waals surface area contributed by atoms with E-state index in [4.69, 9.17) is 0 Å². The minimum Gasteiger partial charge on any atom is -0.507 e. The lowest BCUT2D eigenvalue weighted by Gasteiger charge is -1.99. The number of ketones is 1. The van der Waals surface area contributed by atoms with Crippen molar-refractivity contribution in [3.8, 4) is 5.69 Å². The third kappa shape index (κ3) is 2.49. The summed E-state index contributed by atoms with van der Waals surface area (Å²) in [7, 11) is 0. The zero-order valence-electron chi connectivity index (χ0n) is 10.7. The summed E-state index contributed by atoms with van der Waals surface area (Å²) >= 11 is 0. The SMILES string of the molecule is CC(=O)/C=C(/O)c1c(C)[nH]n(-c2ccccc2)c1=O. The van der Waals surface area contributed by atoms with E-state index >= 15 is 0 Å². The molecule has 1 heterocycles. The van der Waals surface area contributed by atoms with Crippen molar-refractivity contribution in [3.05, 3.63) is 58.0 Å². The van der Waals surface area contributed by atoms with Crippen LogP contribution in [-0.4, -0.2) is 20.7 Å². The number of hydrogen-bond donors (Lipinski definition) is 2. The lowest BCUT2D eigenvalue weighted by Crippen LogP contribution is -2.17. The Morgan fingerprint density at radius 2 is 1.95 bits per heavy atom. The summed E-state index contributed by atoms with van der Waals surface area (Å²) in [4.78, 5) is 23.2. The monoisotopic (exact) mass is 258 g/mol. The molecule has 2 N–H and O–H groups in total. The Morgan fingerprint density at radius 1 is 1.32 bits per heavy atom. The summed E-state index contributed by atoms with van der Waals surface area (Å²) in [5.41, 5.74) is 0.888. The molecule has 5 nitrogen and oxygen atoms in total. The van der Waals surface area contributed by atoms with E-state index < -0.39 is 5.56 Å². The largest absolute Gasteiger partial charge is 0.507 e. The van der Waals surface area contributed by atoms with Crippen molar-refractivity contribution in [2.45, 2.75) is 13.8 Å². The van der Waals surface area contributed by atoms with Crippen molar-refractivity contribution in [1.29, 1.82) is 0 Å². The molecule has 2 aromatic rings. The fraction of sp³-hybridized carbons (Fsp3) is 0.143. The Balaban J connectivity index is 2.59. The van der Waals surface area contributed by atoms with E-state index in [1.54, 1.807) is 19.1 Å². The molecular formula is C14H14N2O3. The maximum absolute atomic E-state index is 12.2. The van der Waals surface area contributed by atoms with E-state index in [2.05, 4.69) is 5.10 Å². The molecule has 2 rings (SSSR count). The number of nitrogens with one attached hydrogen (secondary N) is 1. The maximum Gasteiger partial charge on any atom is 0.282 e. The highest BCUT2D eigenvalue weighted by molar-refractivity contribution is 5.93. The fourth-order valence-corrected chi connectivity index (χ4v) is 1.87. The highest BCUT2D eigenvalue weighted by Crippen LogP contribution is 2.13. The summed E-state index contributed by atoms with van der Waals surface area (Å²) < 4.78 is 1.33. The number of aromatic amines is 1. The molecule has 0 saturated carbocycles. The van der Waals surface area contributed by atoms with Crippen LogP contribution in [0.1, 0.15) is 18.2 Å². The second-order valence-corrected chi connectivity index (χ2v) is 4.23. The normalized spacial score (nSPS) is 11.6. The molecule has 0 spiro atoms. The number of carbonyl (C=O) groups is 1. The molecule has 1 aromatic carbocycles. The van der Waals surface area contributed by atoms with E-state index in [-0.39, 0.29) is 17.1 Å². The smallest absolute Gasteiger partial charge is 0.282 e. The summed E-state index contributed by atoms with van der Waals surface area (Å²) in [5, 5.41) is 12.7. The molecule has 98 valence electrons. The molecule has 5 heteroatoms. The second kappa shape index (κ2) is 4.97. The Hall–Kier alpha value is -2.56. The molecule has 0 saturated heterocycles. The number of aromatic nitrogens is 2. The van der Waals surface area contributed by atoms with Crippen molar-refractivity contribution in [1.82, 2.24) is 9.78 Å². The zero-order valence-corrected chi connectivity index (χ0v) is 10.7. The van der Waals surface area contributed by atoms with Gasteiger partial charge in [0.1, 0.15) is 11.3 Å². The molecule has 0 atom stereocenters. The van der Waals surface area contributed by atoms with Gasteiger partial charge in [-0.15, -0.1) is 0 Å². The number of aryl methyl sites for hydroxylation is 1. The predicted molar refractivity (Wildman–Crippen MR) is 72.4 cm³/mol. The topological polar surface area (TPSA) is 75.1 Å². The first-order chi connectivity index (χ1) is 9.00. The number of allylic oxidation sites excluding steroid dienone is 1. The van der Waals surface area contributed by atoms with Gasteiger partial charge in [-0.2, -0.15) is 0 Å². The standard InChI is InChI=1S/C14H14N2O3/c1-9(17)8-12(18)13-10(2)15-16(14(13)19)11-6-4-3-5-7-11/h3-8,15,18H,1-2H3/b12-8+. The number of aliphatic hydroxyl groups is 1. The molecule has 0 amide bonds. The van der Waals surface area contributed by atoms with Gasteiger partial charge in [-0.1, -0.05) is 18.2 Å². The number of H-pyrrole nitrogens is 1. The number of para-hydroxylation sites is 1. The third-order valence-electron chi connectivity index (χ3n) is 2.68. The van der Waals surface area contributed by atoms with E-state index in [1.165, 1.54) is 11.6 Å². The third-order valence-corrected chi connectivity index (χ3v) is 2.68. The van der Waals surface area contributed by atoms with Crippen LogP contribution in [0.25, 0.3) is 11.4 Å². The highest BCUT2D eigenvalue weighted by Gasteiger charge is 2.16. The average Bonchev–Trinajstić information content (AvgIpc) is 2.65. The van der Waals surface area contributed by atoms with Gasteiger partial charge in [-0.05, 0) is 26.0 Å². The maximum atomic E-state index is 12.2. The molecule has 19 heavy (non-hydrogen) atoms. The van der Waals surface area contributed by atoms with Crippen molar-refractivity contribution >= 4 is 11.5 Å². The molecule has 1 aromatic heterocycles. The Kier molecular flexibility index (Phi) is 3.37. The van der Waals surface area contributed by atoms with Gasteiger partial charge in [0.2, 0.25) is 0 Å². The van der Waals surface area contributed by atoms with Crippen molar-refractivity contribution in [3.63, 3.8) is 0 Å². The van der Waals surface area contributed by atoms with Gasteiger partial charge < -0.3 is 5.11 Å². The van der Waals surface area contributed by atoms with Crippen LogP contribution in [0.2, 0.25) is 0 Å². The summed E-state index contributed by atoms with van der Waals surface area (Å²) in [6.07, 6.45) is 1.03. The highest BCUT2D eigenvalue weighted by atomic mass is 16.3. The van der Waals surface area contributed by atoms with Gasteiger partial charge in [-0.25, -0.2) is 4.68 Å². The van der Waals surface area contributed by atoms with E-state index in [0.29, 0.717) is 11.4 Å². The lowest BCUT2D eigenvalue weighted by atomic mass is 10.2. The summed E-state index contributed by atoms with van der Waals surface area (Å²) in [6.45, 7) is 2.98. The average molecular weight is 258 g/mol. The van der Waals surface area contributed by atoms with Crippen molar-refractivity contribution < 1.29 is 9.90 Å². The first-order valence-corrected chi connectivity index (χ1v) is 5.79. The molecule has 0 aliphatic carbocycles. The van der Waals surface area contributed by atoms with Crippen molar-refractivity contribution in [2.75, 3.05) is 0 Å². The van der Waals surface area contributed by atoms with Crippen LogP contribution in [0.3, 0.4) is 0 Å². The number of nitrogens with zero attached hydrogens (tertiary/aromatic N) is 1. The fourth-order valence-electron chi connectivity index (χ4n) is 1.87. The summed E-state index contributed by atoms with van der Waals surface area (Å²) in [6, 6.07) is 9.00. The number of aliphatic hydroxyl groups excluding tert-OH is 1. The van der Waals surface area contributed by atoms with Gasteiger partial charge in [0.25, 0.3) is 5.56 Å². The van der Waals surface area contributed by atoms with E-state index in [9.17, 15) is 14.7 Å². The summed E-state index contributed by atoms with van der Waals surface area (Å²) in [5.74, 6) is -0.635. The van der Waals surface area contributed by atoms with Crippen LogP contribution in [0, 0.1) is 6.92 Å². The lowest BCUT2D eigenvalue weighted by molar-refractivity contribution is -0.112. The van der Waals surface area contributed by atoms with Crippen molar-refractivity contribution in [2.24, 2.45) is 0 Å². The first kappa shape index (κ1) is 12.9. The van der Waals surface area contributed by atoms with Gasteiger partial charge in [0, 0.05) is 11.8 Å². The van der Waals surface area contributed by atoms with Crippen LogP contribution in [0.5, 0.6) is 0 Å². The number of hydrogen-bond acceptors (Lipinski definition) is 3. The van der Waals surface area contributed by atoms with Gasteiger partial charge in [0.15, 0.2) is 5.78 Å². The molecule has 0 unspecified atom stereocenters. The molecule has 0 radical (unpaired) electrons. The Labute approximate surface area is 109 Å². The van der Waals surface area contributed by atoms with Crippen LogP contribution in [-0.2, 0) is 4.79 Å². The van der Waals surface area contributed by atoms with Crippen LogP contribution < -0.4 is 5.56 Å². The minimum absolute atomic E-state index is 0.110. The van der Waals surface area contributed by atoms with Gasteiger partial charge in [-0.3, -0.25) is 14.7 Å². The molecular weight excluding hydrogens is 244 g/mol. The molecule has 0 aliphatic heterocycles. The van der Waals surface area contributed by atoms with Gasteiger partial charge >= 0.3 is 0 Å². The zero-order chi connectivity index (χ0) is 14.0.